The van der Waals surface area contributed by atoms with Crippen molar-refractivity contribution in [2.75, 3.05) is 4.90 Å². The molecule has 0 unspecified atom stereocenters. The lowest BCUT2D eigenvalue weighted by molar-refractivity contribution is 0.433. The molecule has 3 aliphatic rings. The summed E-state index contributed by atoms with van der Waals surface area (Å²) in [5.41, 5.74) is 19.4. The van der Waals surface area contributed by atoms with Gasteiger partial charge in [0.05, 0.1) is 16.8 Å². The molecule has 2 nitrogen and oxygen atoms in total. The molecule has 2 aliphatic carbocycles. The molecular formula is C61H53NOS. The Bertz CT molecular complexity index is 3380. The lowest BCUT2D eigenvalue weighted by atomic mass is 9.64. The second kappa shape index (κ2) is 13.3. The van der Waals surface area contributed by atoms with E-state index in [0.717, 1.165) is 17.2 Å². The van der Waals surface area contributed by atoms with Crippen LogP contribution < -0.4 is 9.64 Å². The first-order chi connectivity index (χ1) is 30.7. The summed E-state index contributed by atoms with van der Waals surface area (Å²) in [5.74, 6) is 1.83. The topological polar surface area (TPSA) is 12.5 Å². The largest absolute Gasteiger partial charge is 0.457 e. The maximum absolute atomic E-state index is 7.02. The standard InChI is InChI=1S/C61H53NOS/c1-36-17-14-20-43-56-51(25-16-26-54(56)64-57(36)43)62(39-29-30-41-40-18-10-12-21-44(40)60(8,9)47(41)35-39)50-24-15-23-46-55(50)42-19-11-13-22-45(42)61(46)48-33-37(58(2,3)4)27-31-52(48)63-53-32-28-38(34-49(53)61)59(5,6)7/h10-35H,1-9H3. The maximum Gasteiger partial charge on any atom is 0.132 e. The summed E-state index contributed by atoms with van der Waals surface area (Å²) in [6.45, 7) is 20.9. The second-order valence-corrected chi connectivity index (χ2v) is 22.0. The number of aryl methyl sites for hydroxylation is 1. The number of thiophene rings is 1. The molecule has 0 saturated carbocycles. The molecule has 0 N–H and O–H groups in total. The summed E-state index contributed by atoms with van der Waals surface area (Å²) < 4.78 is 9.65. The van der Waals surface area contributed by atoms with Crippen LogP contribution in [0.3, 0.4) is 0 Å². The van der Waals surface area contributed by atoms with Crippen LogP contribution in [0.2, 0.25) is 0 Å². The minimum absolute atomic E-state index is 0.0648. The third-order valence-corrected chi connectivity index (χ3v) is 16.1. The molecule has 1 spiro atoms. The van der Waals surface area contributed by atoms with Crippen LogP contribution in [0.4, 0.5) is 17.1 Å². The van der Waals surface area contributed by atoms with Gasteiger partial charge in [-0.3, -0.25) is 0 Å². The van der Waals surface area contributed by atoms with Crippen LogP contribution in [0.1, 0.15) is 105 Å². The van der Waals surface area contributed by atoms with Crippen LogP contribution in [0, 0.1) is 6.92 Å². The van der Waals surface area contributed by atoms with E-state index in [1.165, 1.54) is 104 Å². The molecule has 2 heterocycles. The average molecular weight is 848 g/mol. The Morgan fingerprint density at radius 3 is 1.80 bits per heavy atom. The highest BCUT2D eigenvalue weighted by Gasteiger charge is 2.53. The van der Waals surface area contributed by atoms with Gasteiger partial charge in [0.25, 0.3) is 0 Å². The average Bonchev–Trinajstić information content (AvgIpc) is 3.89. The van der Waals surface area contributed by atoms with Crippen molar-refractivity contribution in [1.29, 1.82) is 0 Å². The van der Waals surface area contributed by atoms with Crippen LogP contribution in [0.5, 0.6) is 11.5 Å². The van der Waals surface area contributed by atoms with Gasteiger partial charge in [0, 0.05) is 48.0 Å². The lowest BCUT2D eigenvalue weighted by Gasteiger charge is -2.41. The molecule has 0 fully saturated rings. The van der Waals surface area contributed by atoms with Gasteiger partial charge >= 0.3 is 0 Å². The SMILES string of the molecule is Cc1cccc2c1sc1cccc(N(c3ccc4c(c3)C(C)(C)c3ccccc3-4)c3cccc4c3-c3ccccc3C43c4cc(C(C)(C)C)ccc4Oc4ccc(C(C)(C)C)cc43)c12. The predicted molar refractivity (Wildman–Crippen MR) is 271 cm³/mol. The Balaban J connectivity index is 1.21. The number of hydrogen-bond donors (Lipinski definition) is 0. The molecular weight excluding hydrogens is 795 g/mol. The van der Waals surface area contributed by atoms with Crippen molar-refractivity contribution in [3.05, 3.63) is 208 Å². The fourth-order valence-electron chi connectivity index (χ4n) is 11.5. The van der Waals surface area contributed by atoms with E-state index in [2.05, 4.69) is 225 Å². The first-order valence-corrected chi connectivity index (χ1v) is 23.7. The molecule has 1 aromatic heterocycles. The number of nitrogens with zero attached hydrogens (tertiary/aromatic N) is 1. The van der Waals surface area contributed by atoms with Crippen molar-refractivity contribution in [3.63, 3.8) is 0 Å². The van der Waals surface area contributed by atoms with E-state index in [9.17, 15) is 0 Å². The van der Waals surface area contributed by atoms with Gasteiger partial charge in [-0.25, -0.2) is 0 Å². The van der Waals surface area contributed by atoms with Gasteiger partial charge in [-0.15, -0.1) is 11.3 Å². The Hall–Kier alpha value is -6.42. The zero-order chi connectivity index (χ0) is 44.1. The molecule has 0 atom stereocenters. The summed E-state index contributed by atoms with van der Waals surface area (Å²) >= 11 is 1.90. The van der Waals surface area contributed by atoms with Crippen LogP contribution >= 0.6 is 11.3 Å². The number of anilines is 3. The van der Waals surface area contributed by atoms with E-state index >= 15 is 0 Å². The Morgan fingerprint density at radius 2 is 1.09 bits per heavy atom. The van der Waals surface area contributed by atoms with Gasteiger partial charge in [-0.05, 0) is 128 Å². The molecule has 8 aromatic carbocycles. The quantitative estimate of drug-likeness (QED) is 0.176. The fourth-order valence-corrected chi connectivity index (χ4v) is 12.7. The van der Waals surface area contributed by atoms with E-state index < -0.39 is 5.41 Å². The van der Waals surface area contributed by atoms with Gasteiger partial charge < -0.3 is 9.64 Å². The van der Waals surface area contributed by atoms with E-state index in [1.54, 1.807) is 0 Å². The molecule has 0 amide bonds. The Labute approximate surface area is 381 Å². The highest BCUT2D eigenvalue weighted by atomic mass is 32.1. The zero-order valence-corrected chi connectivity index (χ0v) is 39.1. The van der Waals surface area contributed by atoms with Crippen LogP contribution in [0.15, 0.2) is 158 Å². The molecule has 3 heteroatoms. The van der Waals surface area contributed by atoms with Crippen molar-refractivity contribution < 1.29 is 4.74 Å². The van der Waals surface area contributed by atoms with E-state index in [1.807, 2.05) is 11.3 Å². The summed E-state index contributed by atoms with van der Waals surface area (Å²) in [5, 5.41) is 2.59. The van der Waals surface area contributed by atoms with Crippen molar-refractivity contribution in [2.24, 2.45) is 0 Å². The van der Waals surface area contributed by atoms with E-state index in [4.69, 9.17) is 4.74 Å². The van der Waals surface area contributed by atoms with Gasteiger partial charge in [-0.1, -0.05) is 159 Å². The normalized spacial score (nSPS) is 15.0. The van der Waals surface area contributed by atoms with E-state index in [-0.39, 0.29) is 16.2 Å². The van der Waals surface area contributed by atoms with E-state index in [0.29, 0.717) is 0 Å². The molecule has 314 valence electrons. The second-order valence-electron chi connectivity index (χ2n) is 21.0. The first kappa shape index (κ1) is 39.2. The molecule has 64 heavy (non-hydrogen) atoms. The molecule has 9 aromatic rings. The summed E-state index contributed by atoms with van der Waals surface area (Å²) in [6, 6.07) is 60.1. The number of benzene rings is 8. The summed E-state index contributed by atoms with van der Waals surface area (Å²) in [4.78, 5) is 2.60. The molecule has 1 aliphatic heterocycles. The van der Waals surface area contributed by atoms with Crippen LogP contribution in [-0.2, 0) is 21.7 Å². The fraction of sp³-hybridized carbons (Fsp3) is 0.213. The Kier molecular flexibility index (Phi) is 8.15. The highest BCUT2D eigenvalue weighted by molar-refractivity contribution is 7.26. The summed E-state index contributed by atoms with van der Waals surface area (Å²) in [7, 11) is 0. The van der Waals surface area contributed by atoms with Crippen LogP contribution in [-0.4, -0.2) is 0 Å². The van der Waals surface area contributed by atoms with Gasteiger partial charge in [-0.2, -0.15) is 0 Å². The summed E-state index contributed by atoms with van der Waals surface area (Å²) in [6.07, 6.45) is 0. The van der Waals surface area contributed by atoms with Gasteiger partial charge in [0.1, 0.15) is 11.5 Å². The maximum atomic E-state index is 7.02. The number of hydrogen-bond acceptors (Lipinski definition) is 3. The number of fused-ring (bicyclic) bond motifs is 15. The van der Waals surface area contributed by atoms with Crippen LogP contribution in [0.25, 0.3) is 42.4 Å². The van der Waals surface area contributed by atoms with Crippen molar-refractivity contribution >= 4 is 48.6 Å². The third-order valence-electron chi connectivity index (χ3n) is 14.8. The molecule has 12 rings (SSSR count). The molecule has 0 saturated heterocycles. The van der Waals surface area contributed by atoms with Gasteiger partial charge in [0.2, 0.25) is 0 Å². The van der Waals surface area contributed by atoms with Crippen molar-refractivity contribution in [1.82, 2.24) is 0 Å². The van der Waals surface area contributed by atoms with Crippen molar-refractivity contribution in [2.45, 2.75) is 84.0 Å². The first-order valence-electron chi connectivity index (χ1n) is 22.8. The number of rotatable bonds is 3. The highest BCUT2D eigenvalue weighted by Crippen LogP contribution is 2.65. The third kappa shape index (κ3) is 5.31. The van der Waals surface area contributed by atoms with Gasteiger partial charge in [0.15, 0.2) is 0 Å². The molecule has 0 bridgehead atoms. The lowest BCUT2D eigenvalue weighted by Crippen LogP contribution is -2.33. The monoisotopic (exact) mass is 847 g/mol. The minimum Gasteiger partial charge on any atom is -0.457 e. The predicted octanol–water partition coefficient (Wildman–Crippen LogP) is 17.2. The minimum atomic E-state index is -0.640. The smallest absolute Gasteiger partial charge is 0.132 e. The Morgan fingerprint density at radius 1 is 0.500 bits per heavy atom. The van der Waals surface area contributed by atoms with Crippen molar-refractivity contribution in [3.8, 4) is 33.8 Å². The zero-order valence-electron chi connectivity index (χ0n) is 38.3. The molecule has 0 radical (unpaired) electrons. The number of ether oxygens (including phenoxy) is 1.